The quantitative estimate of drug-likeness (QED) is 0.631. The lowest BCUT2D eigenvalue weighted by Crippen LogP contribution is -2.26. The van der Waals surface area contributed by atoms with Gasteiger partial charge in [0.1, 0.15) is 0 Å². The van der Waals surface area contributed by atoms with Crippen LogP contribution in [0.3, 0.4) is 0 Å². The Balaban J connectivity index is 1.38. The van der Waals surface area contributed by atoms with Crippen LogP contribution in [-0.4, -0.2) is 34.5 Å². The molecule has 29 heavy (non-hydrogen) atoms. The molecule has 1 saturated carbocycles. The third-order valence-electron chi connectivity index (χ3n) is 7.00. The van der Waals surface area contributed by atoms with Crippen molar-refractivity contribution in [3.63, 3.8) is 0 Å². The Morgan fingerprint density at radius 1 is 1.14 bits per heavy atom. The average Bonchev–Trinajstić information content (AvgIpc) is 3.35. The van der Waals surface area contributed by atoms with E-state index < -0.39 is 5.97 Å². The summed E-state index contributed by atoms with van der Waals surface area (Å²) < 4.78 is 6.18. The maximum absolute atomic E-state index is 11.1. The number of hydrogen-bond acceptors (Lipinski definition) is 3. The van der Waals surface area contributed by atoms with Crippen LogP contribution in [0.4, 0.5) is 0 Å². The minimum Gasteiger partial charge on any atom is -0.478 e. The number of carbonyl (C=O) groups is 1. The molecule has 0 radical (unpaired) electrons. The summed E-state index contributed by atoms with van der Waals surface area (Å²) in [5.74, 6) is 0.312. The number of carboxylic acids is 1. The SMILES string of the molecule is O=C(O)c1cccc(/C=C/C[C@@H]2[C@H](C=CC(O)C3CCCCC3)[C@@H]3CC[C@H]2O3)c1. The maximum Gasteiger partial charge on any atom is 0.335 e. The van der Waals surface area contributed by atoms with E-state index >= 15 is 0 Å². The molecule has 2 heterocycles. The van der Waals surface area contributed by atoms with Gasteiger partial charge in [-0.1, -0.05) is 55.7 Å². The number of allylic oxidation sites excluding steroid dienone is 1. The molecule has 4 heteroatoms. The van der Waals surface area contributed by atoms with Crippen molar-refractivity contribution in [2.24, 2.45) is 17.8 Å². The smallest absolute Gasteiger partial charge is 0.335 e. The second kappa shape index (κ2) is 9.27. The number of carboxylic acid groups (broad SMARTS) is 1. The second-order valence-electron chi connectivity index (χ2n) is 8.87. The summed E-state index contributed by atoms with van der Waals surface area (Å²) in [7, 11) is 0. The number of aliphatic hydroxyl groups excluding tert-OH is 1. The van der Waals surface area contributed by atoms with Crippen molar-refractivity contribution in [2.75, 3.05) is 0 Å². The van der Waals surface area contributed by atoms with E-state index in [4.69, 9.17) is 9.84 Å². The summed E-state index contributed by atoms with van der Waals surface area (Å²) in [6.07, 6.45) is 17.9. The van der Waals surface area contributed by atoms with E-state index in [1.807, 2.05) is 18.2 Å². The number of fused-ring (bicyclic) bond motifs is 2. The molecule has 2 N–H and O–H groups in total. The topological polar surface area (TPSA) is 66.8 Å². The van der Waals surface area contributed by atoms with Crippen molar-refractivity contribution in [2.45, 2.75) is 69.7 Å². The predicted molar refractivity (Wildman–Crippen MR) is 114 cm³/mol. The van der Waals surface area contributed by atoms with Gasteiger partial charge in [0.2, 0.25) is 0 Å². The number of aromatic carboxylic acids is 1. The first-order valence-electron chi connectivity index (χ1n) is 11.1. The molecule has 1 aromatic rings. The van der Waals surface area contributed by atoms with E-state index in [-0.39, 0.29) is 12.2 Å². The lowest BCUT2D eigenvalue weighted by molar-refractivity contribution is 0.0696. The molecular weight excluding hydrogens is 364 g/mol. The van der Waals surface area contributed by atoms with E-state index in [1.165, 1.54) is 19.3 Å². The Kier molecular flexibility index (Phi) is 6.51. The van der Waals surface area contributed by atoms with Crippen LogP contribution in [0.1, 0.15) is 67.3 Å². The molecule has 1 aliphatic carbocycles. The molecule has 3 fully saturated rings. The summed E-state index contributed by atoms with van der Waals surface area (Å²) in [6.45, 7) is 0. The molecule has 2 aliphatic heterocycles. The number of ether oxygens (including phenoxy) is 1. The Bertz CT molecular complexity index is 762. The monoisotopic (exact) mass is 396 g/mol. The van der Waals surface area contributed by atoms with Crippen molar-refractivity contribution in [3.05, 3.63) is 53.6 Å². The highest BCUT2D eigenvalue weighted by Crippen LogP contribution is 2.46. The minimum absolute atomic E-state index is 0.281. The van der Waals surface area contributed by atoms with Crippen molar-refractivity contribution in [1.29, 1.82) is 0 Å². The fourth-order valence-corrected chi connectivity index (χ4v) is 5.40. The number of aliphatic hydroxyl groups is 1. The largest absolute Gasteiger partial charge is 0.478 e. The first kappa shape index (κ1) is 20.4. The minimum atomic E-state index is -0.900. The van der Waals surface area contributed by atoms with Gasteiger partial charge in [-0.25, -0.2) is 4.79 Å². The zero-order valence-corrected chi connectivity index (χ0v) is 17.0. The highest BCUT2D eigenvalue weighted by molar-refractivity contribution is 5.88. The summed E-state index contributed by atoms with van der Waals surface area (Å²) in [5.41, 5.74) is 1.22. The van der Waals surface area contributed by atoms with Gasteiger partial charge in [-0.15, -0.1) is 0 Å². The normalized spacial score (nSPS) is 31.1. The Morgan fingerprint density at radius 3 is 2.72 bits per heavy atom. The van der Waals surface area contributed by atoms with Crippen LogP contribution < -0.4 is 0 Å². The lowest BCUT2D eigenvalue weighted by Gasteiger charge is -2.27. The third-order valence-corrected chi connectivity index (χ3v) is 7.00. The molecule has 1 unspecified atom stereocenters. The molecule has 3 aliphatic rings. The highest BCUT2D eigenvalue weighted by atomic mass is 16.5. The molecule has 5 atom stereocenters. The van der Waals surface area contributed by atoms with Gasteiger partial charge in [0.25, 0.3) is 0 Å². The first-order valence-corrected chi connectivity index (χ1v) is 11.1. The van der Waals surface area contributed by atoms with Crippen molar-refractivity contribution in [3.8, 4) is 0 Å². The van der Waals surface area contributed by atoms with Crippen LogP contribution in [0.15, 0.2) is 42.5 Å². The third kappa shape index (κ3) is 4.81. The molecule has 1 aromatic carbocycles. The molecule has 0 amide bonds. The average molecular weight is 397 g/mol. The molecule has 0 aromatic heterocycles. The highest BCUT2D eigenvalue weighted by Gasteiger charge is 2.46. The van der Waals surface area contributed by atoms with Crippen LogP contribution >= 0.6 is 0 Å². The Hall–Kier alpha value is -1.91. The summed E-state index contributed by atoms with van der Waals surface area (Å²) >= 11 is 0. The zero-order chi connectivity index (χ0) is 20.2. The molecule has 0 spiro atoms. The molecule has 2 bridgehead atoms. The summed E-state index contributed by atoms with van der Waals surface area (Å²) in [4.78, 5) is 11.1. The second-order valence-corrected chi connectivity index (χ2v) is 8.87. The predicted octanol–water partition coefficient (Wildman–Crippen LogP) is 5.08. The standard InChI is InChI=1S/C25H32O4/c26-22(18-8-2-1-3-9-18)13-12-21-20(23-14-15-24(21)29-23)11-5-7-17-6-4-10-19(16-17)25(27)28/h4-7,10,12-13,16,18,20-24,26H,1-3,8-9,11,14-15H2,(H,27,28)/b7-5+,13-12?/t20-,21+,22?,23-,24+/m1/s1. The molecular formula is C25H32O4. The van der Waals surface area contributed by atoms with Crippen LogP contribution in [0.2, 0.25) is 0 Å². The Morgan fingerprint density at radius 2 is 1.93 bits per heavy atom. The van der Waals surface area contributed by atoms with E-state index in [9.17, 15) is 9.90 Å². The number of rotatable bonds is 7. The van der Waals surface area contributed by atoms with Gasteiger partial charge in [-0.2, -0.15) is 0 Å². The van der Waals surface area contributed by atoms with Crippen LogP contribution in [0.5, 0.6) is 0 Å². The van der Waals surface area contributed by atoms with Gasteiger partial charge in [0, 0.05) is 5.92 Å². The molecule has 2 saturated heterocycles. The van der Waals surface area contributed by atoms with Crippen molar-refractivity contribution in [1.82, 2.24) is 0 Å². The number of benzene rings is 1. The van der Waals surface area contributed by atoms with E-state index in [2.05, 4.69) is 12.2 Å². The van der Waals surface area contributed by atoms with Gasteiger partial charge in [0.15, 0.2) is 0 Å². The molecule has 156 valence electrons. The van der Waals surface area contributed by atoms with Crippen LogP contribution in [0.25, 0.3) is 6.08 Å². The van der Waals surface area contributed by atoms with Gasteiger partial charge in [-0.05, 0) is 61.6 Å². The fraction of sp³-hybridized carbons (Fsp3) is 0.560. The Labute approximate surface area is 173 Å². The summed E-state index contributed by atoms with van der Waals surface area (Å²) in [5, 5.41) is 19.7. The van der Waals surface area contributed by atoms with E-state index in [0.717, 1.165) is 37.7 Å². The fourth-order valence-electron chi connectivity index (χ4n) is 5.40. The van der Waals surface area contributed by atoms with Gasteiger partial charge in [-0.3, -0.25) is 0 Å². The van der Waals surface area contributed by atoms with Crippen molar-refractivity contribution >= 4 is 12.0 Å². The lowest BCUT2D eigenvalue weighted by atomic mass is 9.76. The van der Waals surface area contributed by atoms with Gasteiger partial charge >= 0.3 is 5.97 Å². The zero-order valence-electron chi connectivity index (χ0n) is 17.0. The van der Waals surface area contributed by atoms with Gasteiger partial charge in [0.05, 0.1) is 23.9 Å². The van der Waals surface area contributed by atoms with Crippen molar-refractivity contribution < 1.29 is 19.7 Å². The van der Waals surface area contributed by atoms with Crippen LogP contribution in [-0.2, 0) is 4.74 Å². The van der Waals surface area contributed by atoms with Crippen LogP contribution in [0, 0.1) is 17.8 Å². The van der Waals surface area contributed by atoms with E-state index in [1.54, 1.807) is 18.2 Å². The number of hydrogen-bond donors (Lipinski definition) is 2. The molecule has 4 rings (SSSR count). The van der Waals surface area contributed by atoms with Gasteiger partial charge < -0.3 is 14.9 Å². The molecule has 4 nitrogen and oxygen atoms in total. The maximum atomic E-state index is 11.1. The van der Waals surface area contributed by atoms with E-state index in [0.29, 0.717) is 29.4 Å². The first-order chi connectivity index (χ1) is 14.1. The summed E-state index contributed by atoms with van der Waals surface area (Å²) in [6, 6.07) is 7.02.